The fraction of sp³-hybridized carbons (Fsp3) is 0.250. The molecule has 0 aromatic heterocycles. The third-order valence-electron chi connectivity index (χ3n) is 3.25. The molecule has 2 heteroatoms. The Balaban J connectivity index is 1.99. The standard InChI is InChI=1S/C16H18ClN/c17-16-10-8-14(9-11-16)15(12-18)7-6-13-4-2-1-3-5-13/h1-5,8-11,15H,6-7,12,18H2. The minimum Gasteiger partial charge on any atom is -0.330 e. The topological polar surface area (TPSA) is 26.0 Å². The number of halogens is 1. The van der Waals surface area contributed by atoms with E-state index in [1.54, 1.807) is 0 Å². The summed E-state index contributed by atoms with van der Waals surface area (Å²) in [5, 5.41) is 0.776. The molecule has 0 aliphatic heterocycles. The molecule has 1 nitrogen and oxygen atoms in total. The normalized spacial score (nSPS) is 12.3. The van der Waals surface area contributed by atoms with Gasteiger partial charge in [0, 0.05) is 5.02 Å². The molecule has 0 saturated carbocycles. The molecule has 2 aromatic rings. The first kappa shape index (κ1) is 13.1. The average molecular weight is 260 g/mol. The van der Waals surface area contributed by atoms with E-state index in [9.17, 15) is 0 Å². The number of hydrogen-bond acceptors (Lipinski definition) is 1. The lowest BCUT2D eigenvalue weighted by Gasteiger charge is -2.15. The van der Waals surface area contributed by atoms with Gasteiger partial charge in [-0.1, -0.05) is 54.1 Å². The maximum absolute atomic E-state index is 5.90. The van der Waals surface area contributed by atoms with E-state index in [1.807, 2.05) is 18.2 Å². The van der Waals surface area contributed by atoms with Crippen LogP contribution in [0.15, 0.2) is 54.6 Å². The van der Waals surface area contributed by atoms with Gasteiger partial charge in [0.1, 0.15) is 0 Å². The van der Waals surface area contributed by atoms with E-state index >= 15 is 0 Å². The first-order valence-electron chi connectivity index (χ1n) is 6.29. The quantitative estimate of drug-likeness (QED) is 0.863. The largest absolute Gasteiger partial charge is 0.330 e. The molecule has 0 heterocycles. The van der Waals surface area contributed by atoms with Crippen molar-refractivity contribution in [2.75, 3.05) is 6.54 Å². The minimum absolute atomic E-state index is 0.405. The molecular weight excluding hydrogens is 242 g/mol. The molecule has 2 N–H and O–H groups in total. The van der Waals surface area contributed by atoms with Crippen LogP contribution in [0.5, 0.6) is 0 Å². The van der Waals surface area contributed by atoms with Crippen LogP contribution in [0.3, 0.4) is 0 Å². The van der Waals surface area contributed by atoms with Crippen molar-refractivity contribution in [3.05, 3.63) is 70.7 Å². The van der Waals surface area contributed by atoms with Gasteiger partial charge in [-0.3, -0.25) is 0 Å². The molecular formula is C16H18ClN. The summed E-state index contributed by atoms with van der Waals surface area (Å²) in [7, 11) is 0. The van der Waals surface area contributed by atoms with Crippen LogP contribution in [0.25, 0.3) is 0 Å². The van der Waals surface area contributed by atoms with Gasteiger partial charge in [-0.15, -0.1) is 0 Å². The minimum atomic E-state index is 0.405. The Bertz CT molecular complexity index is 464. The lowest BCUT2D eigenvalue weighted by atomic mass is 9.92. The molecule has 2 rings (SSSR count). The van der Waals surface area contributed by atoms with Crippen LogP contribution in [0.2, 0.25) is 5.02 Å². The highest BCUT2D eigenvalue weighted by Gasteiger charge is 2.09. The van der Waals surface area contributed by atoms with Gasteiger partial charge in [-0.05, 0) is 48.6 Å². The van der Waals surface area contributed by atoms with Crippen molar-refractivity contribution in [3.63, 3.8) is 0 Å². The van der Waals surface area contributed by atoms with E-state index in [1.165, 1.54) is 11.1 Å². The molecule has 0 spiro atoms. The lowest BCUT2D eigenvalue weighted by molar-refractivity contribution is 0.634. The number of nitrogens with two attached hydrogens (primary N) is 1. The van der Waals surface area contributed by atoms with Gasteiger partial charge in [0.05, 0.1) is 0 Å². The highest BCUT2D eigenvalue weighted by Crippen LogP contribution is 2.22. The number of rotatable bonds is 5. The van der Waals surface area contributed by atoms with Crippen molar-refractivity contribution in [2.24, 2.45) is 5.73 Å². The molecule has 0 amide bonds. The molecule has 0 radical (unpaired) electrons. The monoisotopic (exact) mass is 259 g/mol. The molecule has 2 aromatic carbocycles. The Morgan fingerprint density at radius 3 is 2.22 bits per heavy atom. The average Bonchev–Trinajstić information content (AvgIpc) is 2.42. The number of aryl methyl sites for hydroxylation is 1. The predicted octanol–water partition coefficient (Wildman–Crippen LogP) is 4.02. The van der Waals surface area contributed by atoms with Crippen LogP contribution < -0.4 is 5.73 Å². The third-order valence-corrected chi connectivity index (χ3v) is 3.50. The second-order valence-corrected chi connectivity index (χ2v) is 4.94. The van der Waals surface area contributed by atoms with Crippen molar-refractivity contribution in [2.45, 2.75) is 18.8 Å². The van der Waals surface area contributed by atoms with Gasteiger partial charge in [-0.2, -0.15) is 0 Å². The highest BCUT2D eigenvalue weighted by molar-refractivity contribution is 6.30. The van der Waals surface area contributed by atoms with Crippen LogP contribution >= 0.6 is 11.6 Å². The molecule has 94 valence electrons. The molecule has 1 atom stereocenters. The summed E-state index contributed by atoms with van der Waals surface area (Å²) in [5.41, 5.74) is 8.52. The fourth-order valence-corrected chi connectivity index (χ4v) is 2.27. The lowest BCUT2D eigenvalue weighted by Crippen LogP contribution is -2.13. The van der Waals surface area contributed by atoms with Crippen molar-refractivity contribution in [3.8, 4) is 0 Å². The zero-order valence-electron chi connectivity index (χ0n) is 10.4. The molecule has 0 saturated heterocycles. The van der Waals surface area contributed by atoms with Gasteiger partial charge in [0.25, 0.3) is 0 Å². The van der Waals surface area contributed by atoms with E-state index in [0.29, 0.717) is 12.5 Å². The van der Waals surface area contributed by atoms with Gasteiger partial charge in [-0.25, -0.2) is 0 Å². The van der Waals surface area contributed by atoms with Gasteiger partial charge in [0.15, 0.2) is 0 Å². The van der Waals surface area contributed by atoms with Crippen LogP contribution in [0, 0.1) is 0 Å². The Morgan fingerprint density at radius 2 is 1.61 bits per heavy atom. The summed E-state index contributed by atoms with van der Waals surface area (Å²) < 4.78 is 0. The van der Waals surface area contributed by atoms with Crippen molar-refractivity contribution in [1.82, 2.24) is 0 Å². The smallest absolute Gasteiger partial charge is 0.0406 e. The second kappa shape index (κ2) is 6.58. The highest BCUT2D eigenvalue weighted by atomic mass is 35.5. The van der Waals surface area contributed by atoms with E-state index < -0.39 is 0 Å². The van der Waals surface area contributed by atoms with E-state index in [4.69, 9.17) is 17.3 Å². The molecule has 0 fully saturated rings. The zero-order chi connectivity index (χ0) is 12.8. The van der Waals surface area contributed by atoms with Crippen molar-refractivity contribution >= 4 is 11.6 Å². The van der Waals surface area contributed by atoms with Crippen LogP contribution in [0.4, 0.5) is 0 Å². The second-order valence-electron chi connectivity index (χ2n) is 4.51. The summed E-state index contributed by atoms with van der Waals surface area (Å²) in [5.74, 6) is 0.405. The number of hydrogen-bond donors (Lipinski definition) is 1. The molecule has 0 aliphatic carbocycles. The van der Waals surface area contributed by atoms with E-state index in [-0.39, 0.29) is 0 Å². The van der Waals surface area contributed by atoms with Crippen molar-refractivity contribution < 1.29 is 0 Å². The maximum Gasteiger partial charge on any atom is 0.0406 e. The first-order chi connectivity index (χ1) is 8.79. The van der Waals surface area contributed by atoms with Gasteiger partial charge < -0.3 is 5.73 Å². The predicted molar refractivity (Wildman–Crippen MR) is 78.0 cm³/mol. The Morgan fingerprint density at radius 1 is 0.944 bits per heavy atom. The molecule has 18 heavy (non-hydrogen) atoms. The Labute approximate surface area is 114 Å². The van der Waals surface area contributed by atoms with E-state index in [2.05, 4.69) is 36.4 Å². The van der Waals surface area contributed by atoms with Crippen LogP contribution in [-0.2, 0) is 6.42 Å². The SMILES string of the molecule is NCC(CCc1ccccc1)c1ccc(Cl)cc1. The Kier molecular flexibility index (Phi) is 4.80. The number of benzene rings is 2. The Hall–Kier alpha value is -1.31. The van der Waals surface area contributed by atoms with Crippen molar-refractivity contribution in [1.29, 1.82) is 0 Å². The summed E-state index contributed by atoms with van der Waals surface area (Å²) in [6.07, 6.45) is 2.13. The molecule has 0 bridgehead atoms. The summed E-state index contributed by atoms with van der Waals surface area (Å²) in [6, 6.07) is 18.5. The summed E-state index contributed by atoms with van der Waals surface area (Å²) in [6.45, 7) is 0.675. The fourth-order valence-electron chi connectivity index (χ4n) is 2.14. The first-order valence-corrected chi connectivity index (χ1v) is 6.67. The zero-order valence-corrected chi connectivity index (χ0v) is 11.1. The van der Waals surface area contributed by atoms with Crippen LogP contribution in [-0.4, -0.2) is 6.54 Å². The molecule has 0 aliphatic rings. The molecule has 1 unspecified atom stereocenters. The van der Waals surface area contributed by atoms with Gasteiger partial charge in [0.2, 0.25) is 0 Å². The third kappa shape index (κ3) is 3.59. The van der Waals surface area contributed by atoms with Gasteiger partial charge >= 0.3 is 0 Å². The summed E-state index contributed by atoms with van der Waals surface area (Å²) in [4.78, 5) is 0. The van der Waals surface area contributed by atoms with Crippen LogP contribution in [0.1, 0.15) is 23.5 Å². The maximum atomic E-state index is 5.90. The summed E-state index contributed by atoms with van der Waals surface area (Å²) >= 11 is 5.90. The van der Waals surface area contributed by atoms with E-state index in [0.717, 1.165) is 17.9 Å².